The largest absolute Gasteiger partial charge is 0.298 e. The van der Waals surface area contributed by atoms with Crippen molar-refractivity contribution >= 4 is 5.71 Å². The lowest BCUT2D eigenvalue weighted by Crippen LogP contribution is -2.51. The van der Waals surface area contributed by atoms with Crippen LogP contribution in [0.15, 0.2) is 102 Å². The zero-order chi connectivity index (χ0) is 24.8. The van der Waals surface area contributed by atoms with Crippen LogP contribution in [0.4, 0.5) is 4.39 Å². The highest BCUT2D eigenvalue weighted by Crippen LogP contribution is 2.41. The molecule has 0 spiro atoms. The molecule has 0 aliphatic carbocycles. The van der Waals surface area contributed by atoms with Crippen molar-refractivity contribution in [1.29, 1.82) is 0 Å². The number of aliphatic imine (C=N–C) groups is 1. The maximum Gasteiger partial charge on any atom is 0.149 e. The van der Waals surface area contributed by atoms with Gasteiger partial charge in [0.25, 0.3) is 0 Å². The topological polar surface area (TPSA) is 51.1 Å². The molecule has 3 unspecified atom stereocenters. The Labute approximate surface area is 215 Å². The van der Waals surface area contributed by atoms with Crippen molar-refractivity contribution < 1.29 is 4.39 Å². The molecule has 5 heterocycles. The van der Waals surface area contributed by atoms with Gasteiger partial charge in [0.15, 0.2) is 0 Å². The van der Waals surface area contributed by atoms with E-state index in [0.717, 1.165) is 55.4 Å². The molecule has 0 saturated carbocycles. The molecule has 1 aromatic heterocycles. The number of hydrazine groups is 2. The fourth-order valence-electron chi connectivity index (χ4n) is 6.14. The van der Waals surface area contributed by atoms with Gasteiger partial charge in [0.2, 0.25) is 0 Å². The Kier molecular flexibility index (Phi) is 5.56. The first kappa shape index (κ1) is 22.3. The molecule has 0 amide bonds. The normalized spacial score (nSPS) is 25.3. The van der Waals surface area contributed by atoms with Crippen LogP contribution in [0.1, 0.15) is 22.7 Å². The Bertz CT molecular complexity index is 1340. The van der Waals surface area contributed by atoms with Crippen LogP contribution in [0.25, 0.3) is 0 Å². The second kappa shape index (κ2) is 9.21. The molecule has 0 bridgehead atoms. The summed E-state index contributed by atoms with van der Waals surface area (Å²) >= 11 is 0. The van der Waals surface area contributed by atoms with Crippen LogP contribution < -0.4 is 0 Å². The number of hydrogen-bond acceptors (Lipinski definition) is 7. The first-order valence-electron chi connectivity index (χ1n) is 12.8. The summed E-state index contributed by atoms with van der Waals surface area (Å²) in [7, 11) is 0. The van der Waals surface area contributed by atoms with Crippen molar-refractivity contribution in [2.24, 2.45) is 16.8 Å². The summed E-state index contributed by atoms with van der Waals surface area (Å²) in [6, 6.07) is 19.1. The minimum absolute atomic E-state index is 0.188. The fraction of sp³-hybridized carbons (Fsp3) is 0.276. The predicted molar refractivity (Wildman–Crippen MR) is 139 cm³/mol. The maximum absolute atomic E-state index is 13.7. The zero-order valence-electron chi connectivity index (χ0n) is 20.4. The van der Waals surface area contributed by atoms with Gasteiger partial charge < -0.3 is 0 Å². The van der Waals surface area contributed by atoms with Gasteiger partial charge in [-0.05, 0) is 53.3 Å². The Morgan fingerprint density at radius 1 is 0.865 bits per heavy atom. The van der Waals surface area contributed by atoms with E-state index in [4.69, 9.17) is 4.99 Å². The molecule has 0 N–H and O–H groups in total. The van der Waals surface area contributed by atoms with Crippen LogP contribution in [0.5, 0.6) is 0 Å². The Morgan fingerprint density at radius 3 is 2.38 bits per heavy atom. The number of halogens is 1. The molecule has 4 aliphatic heterocycles. The minimum atomic E-state index is -0.255. The lowest BCUT2D eigenvalue weighted by Gasteiger charge is -2.43. The third-order valence-electron chi connectivity index (χ3n) is 7.80. The molecular formula is C29H28FN7. The highest BCUT2D eigenvalue weighted by molar-refractivity contribution is 6.06. The van der Waals surface area contributed by atoms with E-state index >= 15 is 0 Å². The smallest absolute Gasteiger partial charge is 0.149 e. The van der Waals surface area contributed by atoms with Crippen molar-refractivity contribution in [3.05, 3.63) is 120 Å². The van der Waals surface area contributed by atoms with Crippen LogP contribution in [0, 0.1) is 17.7 Å². The summed E-state index contributed by atoms with van der Waals surface area (Å²) in [5.74, 6) is 1.88. The van der Waals surface area contributed by atoms with Gasteiger partial charge in [-0.3, -0.25) is 4.90 Å². The third-order valence-corrected chi connectivity index (χ3v) is 7.80. The third kappa shape index (κ3) is 4.12. The van der Waals surface area contributed by atoms with Crippen molar-refractivity contribution in [2.75, 3.05) is 26.2 Å². The van der Waals surface area contributed by atoms with Gasteiger partial charge in [-0.2, -0.15) is 10.2 Å². The molecule has 2 saturated heterocycles. The average Bonchev–Trinajstić information content (AvgIpc) is 3.62. The molecule has 7 nitrogen and oxygen atoms in total. The lowest BCUT2D eigenvalue weighted by molar-refractivity contribution is -0.129. The molecular weight excluding hydrogens is 465 g/mol. The number of fused-ring (bicyclic) bond motifs is 2. The van der Waals surface area contributed by atoms with Crippen molar-refractivity contribution in [3.63, 3.8) is 0 Å². The lowest BCUT2D eigenvalue weighted by atomic mass is 9.98. The van der Waals surface area contributed by atoms with E-state index in [0.29, 0.717) is 11.8 Å². The van der Waals surface area contributed by atoms with Crippen LogP contribution in [-0.4, -0.2) is 62.1 Å². The number of nitrogens with zero attached hydrogens (tertiary/aromatic N) is 7. The highest BCUT2D eigenvalue weighted by atomic mass is 19.1. The van der Waals surface area contributed by atoms with E-state index in [1.165, 1.54) is 17.7 Å². The van der Waals surface area contributed by atoms with Crippen LogP contribution in [0.2, 0.25) is 0 Å². The SMILES string of the molecule is Fc1ccc(C2=NC3=CC=CN(N4CC5CN(Cc6ccccc6)CC5C4)N3C2c2ccnnc2)cc1. The molecule has 186 valence electrons. The summed E-state index contributed by atoms with van der Waals surface area (Å²) in [5, 5.41) is 15.1. The number of likely N-dealkylation sites (tertiary alicyclic amines) is 1. The Hall–Kier alpha value is -3.88. The van der Waals surface area contributed by atoms with E-state index in [-0.39, 0.29) is 11.9 Å². The molecule has 3 atom stereocenters. The van der Waals surface area contributed by atoms with Gasteiger partial charge in [0.1, 0.15) is 17.7 Å². The molecule has 3 aromatic rings. The average molecular weight is 494 g/mol. The van der Waals surface area contributed by atoms with Gasteiger partial charge in [-0.15, -0.1) is 0 Å². The number of allylic oxidation sites excluding steroid dienone is 2. The van der Waals surface area contributed by atoms with Crippen molar-refractivity contribution in [2.45, 2.75) is 12.6 Å². The minimum Gasteiger partial charge on any atom is -0.298 e. The summed E-state index contributed by atoms with van der Waals surface area (Å²) in [6.45, 7) is 5.24. The predicted octanol–water partition coefficient (Wildman–Crippen LogP) is 4.03. The maximum atomic E-state index is 13.7. The molecule has 0 radical (unpaired) electrons. The molecule has 2 aromatic carbocycles. The quantitative estimate of drug-likeness (QED) is 0.535. The Balaban J connectivity index is 1.13. The highest BCUT2D eigenvalue weighted by Gasteiger charge is 2.46. The van der Waals surface area contributed by atoms with E-state index in [2.05, 4.69) is 72.8 Å². The summed E-state index contributed by atoms with van der Waals surface area (Å²) < 4.78 is 13.7. The number of benzene rings is 2. The standard InChI is InChI=1S/C29H28FN7/c30-26-10-8-22(9-11-26)28-29(23-12-13-31-32-15-23)37-27(33-28)7-4-14-36(37)35-19-24-17-34(18-25(24)20-35)16-21-5-2-1-3-6-21/h1-15,24-25,29H,16-20H2. The molecule has 37 heavy (non-hydrogen) atoms. The van der Waals surface area contributed by atoms with Crippen LogP contribution in [-0.2, 0) is 6.54 Å². The number of rotatable bonds is 5. The van der Waals surface area contributed by atoms with Crippen LogP contribution >= 0.6 is 0 Å². The Morgan fingerprint density at radius 2 is 1.65 bits per heavy atom. The van der Waals surface area contributed by atoms with E-state index < -0.39 is 0 Å². The van der Waals surface area contributed by atoms with E-state index in [1.807, 2.05) is 12.1 Å². The second-order valence-corrected chi connectivity index (χ2v) is 10.2. The number of hydrogen-bond donors (Lipinski definition) is 0. The second-order valence-electron chi connectivity index (χ2n) is 10.2. The van der Waals surface area contributed by atoms with Crippen LogP contribution in [0.3, 0.4) is 0 Å². The molecule has 8 heteroatoms. The molecule has 7 rings (SSSR count). The summed E-state index contributed by atoms with van der Waals surface area (Å²) in [4.78, 5) is 7.62. The monoisotopic (exact) mass is 493 g/mol. The van der Waals surface area contributed by atoms with E-state index in [1.54, 1.807) is 24.5 Å². The fourth-order valence-corrected chi connectivity index (χ4v) is 6.14. The van der Waals surface area contributed by atoms with Gasteiger partial charge in [-0.1, -0.05) is 42.5 Å². The molecule has 2 fully saturated rings. The van der Waals surface area contributed by atoms with E-state index in [9.17, 15) is 4.39 Å². The van der Waals surface area contributed by atoms with Gasteiger partial charge in [0.05, 0.1) is 11.9 Å². The van der Waals surface area contributed by atoms with Crippen molar-refractivity contribution in [3.8, 4) is 0 Å². The summed E-state index contributed by atoms with van der Waals surface area (Å²) in [6.07, 6.45) is 9.72. The van der Waals surface area contributed by atoms with Gasteiger partial charge >= 0.3 is 0 Å². The molecule has 4 aliphatic rings. The van der Waals surface area contributed by atoms with Gasteiger partial charge in [0, 0.05) is 50.7 Å². The van der Waals surface area contributed by atoms with Gasteiger partial charge in [-0.25, -0.2) is 24.5 Å². The number of aromatic nitrogens is 2. The first-order valence-corrected chi connectivity index (χ1v) is 12.8. The zero-order valence-corrected chi connectivity index (χ0v) is 20.4. The summed E-state index contributed by atoms with van der Waals surface area (Å²) in [5.41, 5.74) is 4.15. The first-order chi connectivity index (χ1) is 18.2. The van der Waals surface area contributed by atoms with Crippen molar-refractivity contribution in [1.82, 2.24) is 30.2 Å².